The molecule has 28 heavy (non-hydrogen) atoms. The molecule has 0 spiro atoms. The average molecular weight is 395 g/mol. The van der Waals surface area contributed by atoms with Gasteiger partial charge in [-0.05, 0) is 25.7 Å². The third-order valence-electron chi connectivity index (χ3n) is 5.92. The zero-order chi connectivity index (χ0) is 20.4. The van der Waals surface area contributed by atoms with Gasteiger partial charge in [0, 0.05) is 6.61 Å². The lowest BCUT2D eigenvalue weighted by Gasteiger charge is -2.04. The van der Waals surface area contributed by atoms with Gasteiger partial charge in [0.15, 0.2) is 0 Å². The molecule has 0 radical (unpaired) electrons. The van der Waals surface area contributed by atoms with Gasteiger partial charge in [-0.15, -0.1) is 0 Å². The summed E-state index contributed by atoms with van der Waals surface area (Å²) in [5.74, 6) is 0. The zero-order valence-electron chi connectivity index (χ0n) is 19.6. The van der Waals surface area contributed by atoms with Crippen LogP contribution in [0.1, 0.15) is 155 Å². The van der Waals surface area contributed by atoms with Crippen molar-refractivity contribution in [3.8, 4) is 0 Å². The molecule has 0 atom stereocenters. The third kappa shape index (κ3) is 25.7. The molecule has 0 bridgehead atoms. The smallest absolute Gasteiger partial charge is 0.0431 e. The standard InChI is InChI=1S/C27H54O/c1-2-3-4-5-6-7-8-9-10-11-12-13-14-15-16-17-18-19-20-21-22-23-24-25-26-27-28/h5-6,28H,2-4,7-27H2,1H3/b6-5-. The van der Waals surface area contributed by atoms with Gasteiger partial charge >= 0.3 is 0 Å². The molecule has 1 nitrogen and oxygen atoms in total. The Hall–Kier alpha value is -0.300. The molecule has 1 N–H and O–H groups in total. The Labute approximate surface area is 178 Å². The minimum atomic E-state index is 0.372. The highest BCUT2D eigenvalue weighted by Gasteiger charge is 1.95. The van der Waals surface area contributed by atoms with Crippen LogP contribution >= 0.6 is 0 Å². The minimum Gasteiger partial charge on any atom is -0.396 e. The van der Waals surface area contributed by atoms with Crippen molar-refractivity contribution >= 4 is 0 Å². The van der Waals surface area contributed by atoms with Crippen LogP contribution in [0.15, 0.2) is 12.2 Å². The van der Waals surface area contributed by atoms with Crippen molar-refractivity contribution in [3.63, 3.8) is 0 Å². The maximum atomic E-state index is 8.74. The van der Waals surface area contributed by atoms with E-state index in [1.807, 2.05) is 0 Å². The van der Waals surface area contributed by atoms with E-state index in [1.165, 1.54) is 141 Å². The predicted molar refractivity (Wildman–Crippen MR) is 128 cm³/mol. The van der Waals surface area contributed by atoms with Crippen LogP contribution in [0.2, 0.25) is 0 Å². The summed E-state index contributed by atoms with van der Waals surface area (Å²) in [7, 11) is 0. The first-order valence-electron chi connectivity index (χ1n) is 13.2. The van der Waals surface area contributed by atoms with Gasteiger partial charge in [-0.3, -0.25) is 0 Å². The van der Waals surface area contributed by atoms with Crippen molar-refractivity contribution in [3.05, 3.63) is 12.2 Å². The van der Waals surface area contributed by atoms with E-state index in [9.17, 15) is 0 Å². The van der Waals surface area contributed by atoms with Crippen LogP contribution in [-0.2, 0) is 0 Å². The molecule has 168 valence electrons. The first-order chi connectivity index (χ1) is 13.9. The van der Waals surface area contributed by atoms with E-state index >= 15 is 0 Å². The highest BCUT2D eigenvalue weighted by molar-refractivity contribution is 4.81. The Morgan fingerprint density at radius 1 is 0.393 bits per heavy atom. The molecule has 0 heterocycles. The van der Waals surface area contributed by atoms with Crippen molar-refractivity contribution in [2.24, 2.45) is 0 Å². The van der Waals surface area contributed by atoms with Crippen LogP contribution < -0.4 is 0 Å². The zero-order valence-corrected chi connectivity index (χ0v) is 19.6. The van der Waals surface area contributed by atoms with Crippen LogP contribution in [0.25, 0.3) is 0 Å². The van der Waals surface area contributed by atoms with Crippen LogP contribution in [-0.4, -0.2) is 11.7 Å². The van der Waals surface area contributed by atoms with Gasteiger partial charge in [0.2, 0.25) is 0 Å². The molecule has 0 aromatic carbocycles. The molecule has 0 rings (SSSR count). The van der Waals surface area contributed by atoms with Gasteiger partial charge in [0.1, 0.15) is 0 Å². The molecule has 0 aliphatic heterocycles. The number of unbranched alkanes of at least 4 members (excludes halogenated alkanes) is 21. The van der Waals surface area contributed by atoms with Gasteiger partial charge in [0.05, 0.1) is 0 Å². The van der Waals surface area contributed by atoms with Crippen LogP contribution in [0, 0.1) is 0 Å². The summed E-state index contributed by atoms with van der Waals surface area (Å²) in [5, 5.41) is 8.74. The van der Waals surface area contributed by atoms with Gasteiger partial charge in [-0.25, -0.2) is 0 Å². The molecule has 0 amide bonds. The largest absolute Gasteiger partial charge is 0.396 e. The van der Waals surface area contributed by atoms with Crippen molar-refractivity contribution < 1.29 is 5.11 Å². The van der Waals surface area contributed by atoms with E-state index in [1.54, 1.807) is 0 Å². The van der Waals surface area contributed by atoms with Gasteiger partial charge < -0.3 is 5.11 Å². The monoisotopic (exact) mass is 394 g/mol. The number of aliphatic hydroxyl groups excluding tert-OH is 1. The Morgan fingerprint density at radius 3 is 1.00 bits per heavy atom. The van der Waals surface area contributed by atoms with E-state index in [2.05, 4.69) is 19.1 Å². The molecule has 0 aromatic rings. The summed E-state index contributed by atoms with van der Waals surface area (Å²) in [6, 6.07) is 0. The summed E-state index contributed by atoms with van der Waals surface area (Å²) >= 11 is 0. The fraction of sp³-hybridized carbons (Fsp3) is 0.926. The lowest BCUT2D eigenvalue weighted by molar-refractivity contribution is 0.282. The molecular weight excluding hydrogens is 340 g/mol. The lowest BCUT2D eigenvalue weighted by Crippen LogP contribution is -1.85. The van der Waals surface area contributed by atoms with E-state index < -0.39 is 0 Å². The first kappa shape index (κ1) is 27.7. The summed E-state index contributed by atoms with van der Waals surface area (Å²) in [6.45, 7) is 2.64. The second-order valence-corrected chi connectivity index (χ2v) is 8.84. The van der Waals surface area contributed by atoms with Crippen LogP contribution in [0.3, 0.4) is 0 Å². The Morgan fingerprint density at radius 2 is 0.679 bits per heavy atom. The normalized spacial score (nSPS) is 11.6. The summed E-state index contributed by atoms with van der Waals surface area (Å²) in [6.07, 6.45) is 36.6. The molecule has 0 aliphatic carbocycles. The lowest BCUT2D eigenvalue weighted by atomic mass is 10.0. The van der Waals surface area contributed by atoms with E-state index in [4.69, 9.17) is 5.11 Å². The van der Waals surface area contributed by atoms with Gasteiger partial charge in [0.25, 0.3) is 0 Å². The molecule has 0 aliphatic rings. The highest BCUT2D eigenvalue weighted by Crippen LogP contribution is 2.14. The summed E-state index contributed by atoms with van der Waals surface area (Å²) in [4.78, 5) is 0. The third-order valence-corrected chi connectivity index (χ3v) is 5.92. The second-order valence-electron chi connectivity index (χ2n) is 8.84. The molecule has 0 saturated carbocycles. The quantitative estimate of drug-likeness (QED) is 0.128. The topological polar surface area (TPSA) is 20.2 Å². The van der Waals surface area contributed by atoms with E-state index in [-0.39, 0.29) is 0 Å². The van der Waals surface area contributed by atoms with Crippen LogP contribution in [0.4, 0.5) is 0 Å². The Kier molecular flexibility index (Phi) is 26.4. The maximum Gasteiger partial charge on any atom is 0.0431 e. The maximum absolute atomic E-state index is 8.74. The average Bonchev–Trinajstić information content (AvgIpc) is 2.71. The van der Waals surface area contributed by atoms with E-state index in [0.29, 0.717) is 6.61 Å². The van der Waals surface area contributed by atoms with Gasteiger partial charge in [-0.2, -0.15) is 0 Å². The number of hydrogen-bond donors (Lipinski definition) is 1. The van der Waals surface area contributed by atoms with Crippen molar-refractivity contribution in [1.82, 2.24) is 0 Å². The predicted octanol–water partition coefficient (Wildman–Crippen LogP) is 9.53. The van der Waals surface area contributed by atoms with Crippen molar-refractivity contribution in [2.45, 2.75) is 155 Å². The molecule has 0 unspecified atom stereocenters. The highest BCUT2D eigenvalue weighted by atomic mass is 16.2. The Balaban J connectivity index is 3.00. The number of hydrogen-bond acceptors (Lipinski definition) is 1. The Bertz CT molecular complexity index is 284. The fourth-order valence-electron chi connectivity index (χ4n) is 3.94. The minimum absolute atomic E-state index is 0.372. The molecule has 0 fully saturated rings. The number of allylic oxidation sites excluding steroid dienone is 2. The SMILES string of the molecule is CCCC/C=C\CCCCCCCCCCCCCCCCCCCCCO. The first-order valence-corrected chi connectivity index (χ1v) is 13.2. The summed E-state index contributed by atoms with van der Waals surface area (Å²) in [5.41, 5.74) is 0. The van der Waals surface area contributed by atoms with E-state index in [0.717, 1.165) is 6.42 Å². The molecular formula is C27H54O. The molecule has 0 aromatic heterocycles. The molecule has 1 heteroatoms. The number of aliphatic hydroxyl groups is 1. The summed E-state index contributed by atoms with van der Waals surface area (Å²) < 4.78 is 0. The van der Waals surface area contributed by atoms with Crippen molar-refractivity contribution in [1.29, 1.82) is 0 Å². The number of rotatable bonds is 24. The van der Waals surface area contributed by atoms with Crippen molar-refractivity contribution in [2.75, 3.05) is 6.61 Å². The molecule has 0 saturated heterocycles. The second kappa shape index (κ2) is 26.7. The van der Waals surface area contributed by atoms with Crippen LogP contribution in [0.5, 0.6) is 0 Å². The fourth-order valence-corrected chi connectivity index (χ4v) is 3.94. The van der Waals surface area contributed by atoms with Gasteiger partial charge in [-0.1, -0.05) is 141 Å².